The van der Waals surface area contributed by atoms with E-state index in [0.717, 1.165) is 27.5 Å². The Morgan fingerprint density at radius 2 is 1.19 bits per heavy atom. The summed E-state index contributed by atoms with van der Waals surface area (Å²) in [6.45, 7) is 4.53. The van der Waals surface area contributed by atoms with Crippen molar-refractivity contribution in [3.63, 3.8) is 0 Å². The molecule has 0 amide bonds. The number of imidazole rings is 1. The number of rotatable bonds is 4. The maximum absolute atomic E-state index is 5.33. The molecule has 0 spiro atoms. The Morgan fingerprint density at radius 1 is 0.646 bits per heavy atom. The summed E-state index contributed by atoms with van der Waals surface area (Å²) < 4.78 is 2.44. The number of aromatic nitrogens is 2. The molecule has 14 heteroatoms. The Morgan fingerprint density at radius 3 is 1.79 bits per heavy atom. The fourth-order valence-electron chi connectivity index (χ4n) is 7.84. The summed E-state index contributed by atoms with van der Waals surface area (Å²) in [5.41, 5.74) is 22.8. The van der Waals surface area contributed by atoms with Crippen molar-refractivity contribution in [1.29, 1.82) is 0 Å². The van der Waals surface area contributed by atoms with Crippen LogP contribution >= 0.6 is 0 Å². The Bertz CT molecular complexity index is 2470. The molecule has 0 aliphatic rings. The third kappa shape index (κ3) is 5.05. The Balaban J connectivity index is 2.06. The summed E-state index contributed by atoms with van der Waals surface area (Å²) in [6, 6.07) is 19.2. The van der Waals surface area contributed by atoms with Crippen molar-refractivity contribution < 1.29 is 0 Å². The molecule has 0 fully saturated rings. The molecule has 6 aromatic rings. The predicted octanol–water partition coefficient (Wildman–Crippen LogP) is -9.72. The number of aryl methyl sites for hydroxylation is 1. The number of fused-ring (bicyclic) bond motifs is 2. The average molecular weight is 604 g/mol. The van der Waals surface area contributed by atoms with Gasteiger partial charge in [0.25, 0.3) is 0 Å². The van der Waals surface area contributed by atoms with E-state index in [1.165, 1.54) is 98.5 Å². The van der Waals surface area contributed by atoms with Gasteiger partial charge in [-0.3, -0.25) is 0 Å². The third-order valence-corrected chi connectivity index (χ3v) is 11.8. The minimum absolute atomic E-state index is 0.943. The van der Waals surface area contributed by atoms with Crippen molar-refractivity contribution in [2.75, 3.05) is 0 Å². The first-order valence-corrected chi connectivity index (χ1v) is 17.2. The predicted molar refractivity (Wildman–Crippen MR) is 247 cm³/mol. The van der Waals surface area contributed by atoms with Crippen LogP contribution in [0.25, 0.3) is 55.5 Å². The van der Waals surface area contributed by atoms with E-state index >= 15 is 0 Å². The second kappa shape index (κ2) is 12.6. The van der Waals surface area contributed by atoms with Crippen LogP contribution in [0.3, 0.4) is 0 Å². The summed E-state index contributed by atoms with van der Waals surface area (Å²) >= 11 is 0. The molecule has 0 aliphatic carbocycles. The molecule has 5 aromatic carbocycles. The van der Waals surface area contributed by atoms with E-state index < -0.39 is 0 Å². The van der Waals surface area contributed by atoms with E-state index in [2.05, 4.69) is 159 Å². The number of hydrogen-bond acceptors (Lipinski definition) is 1. The van der Waals surface area contributed by atoms with Gasteiger partial charge in [-0.15, -0.1) is 0 Å². The van der Waals surface area contributed by atoms with Crippen LogP contribution in [0.1, 0.15) is 12.5 Å². The summed E-state index contributed by atoms with van der Waals surface area (Å²) in [5, 5.41) is 4.85. The zero-order valence-corrected chi connectivity index (χ0v) is 31.3. The number of hydrogen-bond donors (Lipinski definition) is 0. The average Bonchev–Trinajstić information content (AvgIpc) is 3.47. The maximum atomic E-state index is 5.33. The van der Waals surface area contributed by atoms with Gasteiger partial charge in [0.1, 0.15) is 0 Å². The van der Waals surface area contributed by atoms with E-state index in [0.29, 0.717) is 0 Å². The first kappa shape index (κ1) is 34.1. The summed E-state index contributed by atoms with van der Waals surface area (Å²) in [7, 11) is 30.2. The number of allylic oxidation sites excluding steroid dienone is 2. The standard InChI is InChI=1S/C34H38B12N2/c1-12-17-18(19-25(39)30(44)32(46)31(45)26(19)40)24(38)21(28(42)23(37)13(2)35)33(20(17)27(41)29(43)22(12)36)48-16-11-7-6-10-15(16)47-34(48)14-8-4-3-5-9-14/h3-11,38H,35-37,39-46H2,1-2H3/b23-13-,28-21-. The quantitative estimate of drug-likeness (QED) is 0.183. The zero-order valence-electron chi connectivity index (χ0n) is 31.3. The van der Waals surface area contributed by atoms with E-state index in [4.69, 9.17) is 12.5 Å². The molecular formula is C34H38B12N2. The van der Waals surface area contributed by atoms with Gasteiger partial charge < -0.3 is 0 Å². The molecule has 0 bridgehead atoms. The molecule has 0 saturated carbocycles. The van der Waals surface area contributed by atoms with Gasteiger partial charge in [-0.1, -0.05) is 0 Å². The van der Waals surface area contributed by atoms with Crippen LogP contribution in [-0.2, 0) is 0 Å². The van der Waals surface area contributed by atoms with Gasteiger partial charge in [-0.05, 0) is 0 Å². The van der Waals surface area contributed by atoms with Crippen LogP contribution in [0.2, 0.25) is 0 Å². The zero-order chi connectivity index (χ0) is 34.9. The molecule has 1 aromatic heterocycles. The molecule has 0 unspecified atom stereocenters. The van der Waals surface area contributed by atoms with Crippen molar-refractivity contribution in [3.8, 4) is 28.2 Å². The van der Waals surface area contributed by atoms with E-state index in [1.807, 2.05) is 0 Å². The van der Waals surface area contributed by atoms with Gasteiger partial charge in [0, 0.05) is 0 Å². The topological polar surface area (TPSA) is 17.8 Å². The Hall–Kier alpha value is -3.78. The second-order valence-electron chi connectivity index (χ2n) is 14.2. The molecule has 6 rings (SSSR count). The van der Waals surface area contributed by atoms with Crippen molar-refractivity contribution in [1.82, 2.24) is 9.55 Å². The number of nitrogens with zero attached hydrogens (tertiary/aromatic N) is 2. The molecule has 0 atom stereocenters. The molecule has 0 saturated heterocycles. The van der Waals surface area contributed by atoms with Crippen molar-refractivity contribution in [3.05, 3.63) is 81.4 Å². The van der Waals surface area contributed by atoms with Gasteiger partial charge in [-0.25, -0.2) is 0 Å². The van der Waals surface area contributed by atoms with Crippen LogP contribution in [0.15, 0.2) is 65.5 Å². The van der Waals surface area contributed by atoms with Gasteiger partial charge in [0.15, 0.2) is 0 Å². The fourth-order valence-corrected chi connectivity index (χ4v) is 7.84. The molecule has 0 aliphatic heterocycles. The first-order chi connectivity index (χ1) is 22.7. The van der Waals surface area contributed by atoms with Gasteiger partial charge in [-0.2, -0.15) is 0 Å². The van der Waals surface area contributed by atoms with Gasteiger partial charge in [0.2, 0.25) is 0 Å². The Kier molecular flexibility index (Phi) is 8.94. The summed E-state index contributed by atoms with van der Waals surface area (Å²) in [4.78, 5) is 5.33. The van der Waals surface area contributed by atoms with Crippen LogP contribution in [0.4, 0.5) is 0 Å². The van der Waals surface area contributed by atoms with Crippen molar-refractivity contribution in [2.45, 2.75) is 13.8 Å². The molecule has 1 heterocycles. The molecule has 0 radical (unpaired) electrons. The van der Waals surface area contributed by atoms with E-state index in [9.17, 15) is 0 Å². The van der Waals surface area contributed by atoms with Crippen molar-refractivity contribution >= 4 is 165 Å². The van der Waals surface area contributed by atoms with Crippen molar-refractivity contribution in [2.24, 2.45) is 0 Å². The van der Waals surface area contributed by atoms with Crippen LogP contribution in [-0.4, -0.2) is 103 Å². The Labute approximate surface area is 296 Å². The number of benzene rings is 5. The summed E-state index contributed by atoms with van der Waals surface area (Å²) in [5.74, 6) is 0.943. The fraction of sp³-hybridized carbons (Fsp3) is 0.0588. The first-order valence-electron chi connectivity index (χ1n) is 17.2. The molecule has 220 valence electrons. The summed E-state index contributed by atoms with van der Waals surface area (Å²) in [6.07, 6.45) is 0. The SMILES string of the molecule is B=c1c(-c2c(B)c(B)c(B)c(B)c2B)c2c(C)c(B)c(B)c(B)c2c(-n2c(-c3ccccc3)nc3ccccc32)/c1=C(B)/C(B)=C(/B)C. The second-order valence-corrected chi connectivity index (χ2v) is 14.2. The number of para-hydroxylation sites is 2. The molecule has 0 N–H and O–H groups in total. The van der Waals surface area contributed by atoms with Gasteiger partial charge in [0.05, 0.1) is 0 Å². The molecular weight excluding hydrogens is 566 g/mol. The van der Waals surface area contributed by atoms with Crippen LogP contribution in [0, 0.1) is 12.0 Å². The van der Waals surface area contributed by atoms with E-state index in [1.54, 1.807) is 0 Å². The molecule has 48 heavy (non-hydrogen) atoms. The normalized spacial score (nSPS) is 12.8. The van der Waals surface area contributed by atoms with E-state index in [-0.39, 0.29) is 0 Å². The van der Waals surface area contributed by atoms with Gasteiger partial charge >= 0.3 is 298 Å². The molecule has 2 nitrogen and oxygen atoms in total. The third-order valence-electron chi connectivity index (χ3n) is 11.8. The van der Waals surface area contributed by atoms with Crippen LogP contribution in [0.5, 0.6) is 0 Å². The minimum atomic E-state index is 0.943. The van der Waals surface area contributed by atoms with Crippen LogP contribution < -0.4 is 48.9 Å². The monoisotopic (exact) mass is 606 g/mol.